The lowest BCUT2D eigenvalue weighted by atomic mass is 10.1. The van der Waals surface area contributed by atoms with E-state index in [1.165, 1.54) is 0 Å². The van der Waals surface area contributed by atoms with Crippen molar-refractivity contribution in [2.24, 2.45) is 0 Å². The number of hydrogen-bond acceptors (Lipinski definition) is 2. The van der Waals surface area contributed by atoms with E-state index in [2.05, 4.69) is 0 Å². The van der Waals surface area contributed by atoms with E-state index >= 15 is 0 Å². The van der Waals surface area contributed by atoms with Gasteiger partial charge in [-0.3, -0.25) is 4.79 Å². The number of halogens is 2. The van der Waals surface area contributed by atoms with Gasteiger partial charge in [0.1, 0.15) is 5.75 Å². The highest BCUT2D eigenvalue weighted by Gasteiger charge is 2.33. The molecule has 0 atom stereocenters. The molecule has 1 amide bonds. The van der Waals surface area contributed by atoms with Gasteiger partial charge in [0.2, 0.25) is 0 Å². The standard InChI is InChI=1S/C18H17Cl2NO2/c1-23-17-5-3-2-4-13(17)11-21(14-7-8-14)18(22)12-6-9-15(19)16(20)10-12/h2-6,9-10,14H,7-8,11H2,1H3. The Morgan fingerprint density at radius 3 is 2.57 bits per heavy atom. The summed E-state index contributed by atoms with van der Waals surface area (Å²) in [5.41, 5.74) is 1.55. The molecule has 0 spiro atoms. The Morgan fingerprint density at radius 2 is 1.91 bits per heavy atom. The molecule has 1 aliphatic carbocycles. The van der Waals surface area contributed by atoms with Crippen molar-refractivity contribution in [1.82, 2.24) is 4.90 Å². The lowest BCUT2D eigenvalue weighted by molar-refractivity contribution is 0.0729. The second-order valence-electron chi connectivity index (χ2n) is 5.60. The molecule has 0 heterocycles. The molecule has 0 saturated heterocycles. The molecule has 23 heavy (non-hydrogen) atoms. The summed E-state index contributed by atoms with van der Waals surface area (Å²) >= 11 is 12.0. The first-order chi connectivity index (χ1) is 11.1. The van der Waals surface area contributed by atoms with Gasteiger partial charge in [-0.15, -0.1) is 0 Å². The van der Waals surface area contributed by atoms with Gasteiger partial charge in [-0.05, 0) is 37.1 Å². The van der Waals surface area contributed by atoms with Gasteiger partial charge in [0, 0.05) is 23.7 Å². The van der Waals surface area contributed by atoms with Gasteiger partial charge in [-0.1, -0.05) is 41.4 Å². The number of nitrogens with zero attached hydrogens (tertiary/aromatic N) is 1. The van der Waals surface area contributed by atoms with E-state index in [9.17, 15) is 4.79 Å². The topological polar surface area (TPSA) is 29.5 Å². The van der Waals surface area contributed by atoms with Crippen molar-refractivity contribution in [2.45, 2.75) is 25.4 Å². The predicted molar refractivity (Wildman–Crippen MR) is 92.4 cm³/mol. The zero-order chi connectivity index (χ0) is 16.4. The number of benzene rings is 2. The van der Waals surface area contributed by atoms with Crippen LogP contribution in [0.15, 0.2) is 42.5 Å². The van der Waals surface area contributed by atoms with Crippen LogP contribution in [0.3, 0.4) is 0 Å². The van der Waals surface area contributed by atoms with Crippen LogP contribution in [0, 0.1) is 0 Å². The number of para-hydroxylation sites is 1. The molecular formula is C18H17Cl2NO2. The third kappa shape index (κ3) is 3.62. The van der Waals surface area contributed by atoms with Crippen molar-refractivity contribution in [3.8, 4) is 5.75 Å². The summed E-state index contributed by atoms with van der Waals surface area (Å²) in [6, 6.07) is 13.0. The van der Waals surface area contributed by atoms with Gasteiger partial charge < -0.3 is 9.64 Å². The minimum Gasteiger partial charge on any atom is -0.496 e. The molecule has 5 heteroatoms. The minimum absolute atomic E-state index is 0.0306. The first-order valence-corrected chi connectivity index (χ1v) is 8.23. The molecule has 1 saturated carbocycles. The Bertz CT molecular complexity index is 729. The van der Waals surface area contributed by atoms with E-state index in [-0.39, 0.29) is 11.9 Å². The maximum Gasteiger partial charge on any atom is 0.254 e. The zero-order valence-electron chi connectivity index (χ0n) is 12.8. The molecule has 0 radical (unpaired) electrons. The Balaban J connectivity index is 1.86. The number of ether oxygens (including phenoxy) is 1. The molecule has 1 aliphatic rings. The Kier molecular flexibility index (Phi) is 4.79. The highest BCUT2D eigenvalue weighted by atomic mass is 35.5. The van der Waals surface area contributed by atoms with Crippen LogP contribution < -0.4 is 4.74 Å². The Hall–Kier alpha value is -1.71. The quantitative estimate of drug-likeness (QED) is 0.775. The summed E-state index contributed by atoms with van der Waals surface area (Å²) in [6.07, 6.45) is 2.06. The van der Waals surface area contributed by atoms with E-state index < -0.39 is 0 Å². The fourth-order valence-corrected chi connectivity index (χ4v) is 2.86. The smallest absolute Gasteiger partial charge is 0.254 e. The van der Waals surface area contributed by atoms with E-state index in [0.29, 0.717) is 22.2 Å². The zero-order valence-corrected chi connectivity index (χ0v) is 14.3. The second kappa shape index (κ2) is 6.81. The van der Waals surface area contributed by atoms with Gasteiger partial charge in [0.05, 0.1) is 17.2 Å². The SMILES string of the molecule is COc1ccccc1CN(C(=O)c1ccc(Cl)c(Cl)c1)C1CC1. The molecule has 120 valence electrons. The number of carbonyl (C=O) groups excluding carboxylic acids is 1. The molecule has 0 bridgehead atoms. The summed E-state index contributed by atoms with van der Waals surface area (Å²) in [6.45, 7) is 0.522. The van der Waals surface area contributed by atoms with Crippen LogP contribution >= 0.6 is 23.2 Å². The van der Waals surface area contributed by atoms with Gasteiger partial charge in [-0.2, -0.15) is 0 Å². The van der Waals surface area contributed by atoms with E-state index in [4.69, 9.17) is 27.9 Å². The van der Waals surface area contributed by atoms with Crippen LogP contribution in [0.5, 0.6) is 5.75 Å². The molecular weight excluding hydrogens is 333 g/mol. The third-order valence-corrected chi connectivity index (χ3v) is 4.69. The van der Waals surface area contributed by atoms with Crippen molar-refractivity contribution in [1.29, 1.82) is 0 Å². The number of hydrogen-bond donors (Lipinski definition) is 0. The van der Waals surface area contributed by atoms with Crippen LogP contribution in [0.1, 0.15) is 28.8 Å². The minimum atomic E-state index is -0.0306. The number of amides is 1. The molecule has 3 nitrogen and oxygen atoms in total. The largest absolute Gasteiger partial charge is 0.496 e. The van der Waals surface area contributed by atoms with Crippen molar-refractivity contribution >= 4 is 29.1 Å². The van der Waals surface area contributed by atoms with Gasteiger partial charge in [-0.25, -0.2) is 0 Å². The van der Waals surface area contributed by atoms with E-state index in [0.717, 1.165) is 24.2 Å². The summed E-state index contributed by atoms with van der Waals surface area (Å²) in [5.74, 6) is 0.761. The van der Waals surface area contributed by atoms with E-state index in [1.807, 2.05) is 29.2 Å². The predicted octanol–water partition coefficient (Wildman–Crippen LogP) is 4.81. The number of rotatable bonds is 5. The van der Waals surface area contributed by atoms with Crippen molar-refractivity contribution in [3.63, 3.8) is 0 Å². The maximum absolute atomic E-state index is 12.9. The fraction of sp³-hybridized carbons (Fsp3) is 0.278. The van der Waals surface area contributed by atoms with Gasteiger partial charge in [0.25, 0.3) is 5.91 Å². The third-order valence-electron chi connectivity index (χ3n) is 3.95. The molecule has 1 fully saturated rings. The monoisotopic (exact) mass is 349 g/mol. The molecule has 2 aromatic carbocycles. The molecule has 0 aromatic heterocycles. The molecule has 0 unspecified atom stereocenters. The van der Waals surface area contributed by atoms with Crippen LogP contribution in [-0.4, -0.2) is 24.0 Å². The Morgan fingerprint density at radius 1 is 1.17 bits per heavy atom. The van der Waals surface area contributed by atoms with Gasteiger partial charge in [0.15, 0.2) is 0 Å². The highest BCUT2D eigenvalue weighted by Crippen LogP contribution is 2.32. The van der Waals surface area contributed by atoms with Crippen molar-refractivity contribution < 1.29 is 9.53 Å². The van der Waals surface area contributed by atoms with Crippen LogP contribution in [0.4, 0.5) is 0 Å². The first-order valence-electron chi connectivity index (χ1n) is 7.48. The average molecular weight is 350 g/mol. The van der Waals surface area contributed by atoms with E-state index in [1.54, 1.807) is 25.3 Å². The highest BCUT2D eigenvalue weighted by molar-refractivity contribution is 6.42. The lowest BCUT2D eigenvalue weighted by Gasteiger charge is -2.24. The number of methoxy groups -OCH3 is 1. The molecule has 0 N–H and O–H groups in total. The average Bonchev–Trinajstić information content (AvgIpc) is 3.39. The summed E-state index contributed by atoms with van der Waals surface area (Å²) in [4.78, 5) is 14.8. The number of carbonyl (C=O) groups is 1. The van der Waals surface area contributed by atoms with Crippen LogP contribution in [-0.2, 0) is 6.54 Å². The normalized spacial score (nSPS) is 13.7. The Labute approximate surface area is 145 Å². The van der Waals surface area contributed by atoms with Gasteiger partial charge >= 0.3 is 0 Å². The molecule has 2 aromatic rings. The molecule has 3 rings (SSSR count). The second-order valence-corrected chi connectivity index (χ2v) is 6.42. The lowest BCUT2D eigenvalue weighted by Crippen LogP contribution is -2.32. The summed E-state index contributed by atoms with van der Waals surface area (Å²) in [7, 11) is 1.64. The van der Waals surface area contributed by atoms with Crippen LogP contribution in [0.2, 0.25) is 10.0 Å². The van der Waals surface area contributed by atoms with Crippen molar-refractivity contribution in [3.05, 3.63) is 63.6 Å². The van der Waals surface area contributed by atoms with Crippen molar-refractivity contribution in [2.75, 3.05) is 7.11 Å². The summed E-state index contributed by atoms with van der Waals surface area (Å²) in [5, 5.41) is 0.844. The fourth-order valence-electron chi connectivity index (χ4n) is 2.57. The van der Waals surface area contributed by atoms with Crippen LogP contribution in [0.25, 0.3) is 0 Å². The summed E-state index contributed by atoms with van der Waals surface area (Å²) < 4.78 is 5.39. The maximum atomic E-state index is 12.9. The molecule has 0 aliphatic heterocycles. The first kappa shape index (κ1) is 16.2.